The summed E-state index contributed by atoms with van der Waals surface area (Å²) in [5.41, 5.74) is 5.07. The lowest BCUT2D eigenvalue weighted by Crippen LogP contribution is -2.27. The molecule has 0 spiro atoms. The highest BCUT2D eigenvalue weighted by molar-refractivity contribution is 14.1. The minimum absolute atomic E-state index is 0.176. The Morgan fingerprint density at radius 2 is 2.47 bits per heavy atom. The van der Waals surface area contributed by atoms with Crippen LogP contribution < -0.4 is 11.4 Å². The summed E-state index contributed by atoms with van der Waals surface area (Å²) in [6.45, 7) is 0. The van der Waals surface area contributed by atoms with Gasteiger partial charge in [0.1, 0.15) is 12.0 Å². The summed E-state index contributed by atoms with van der Waals surface area (Å²) < 4.78 is 8.14. The zero-order valence-electron chi connectivity index (χ0n) is 8.10. The van der Waals surface area contributed by atoms with Gasteiger partial charge in [0.15, 0.2) is 0 Å². The van der Waals surface area contributed by atoms with Gasteiger partial charge >= 0.3 is 5.69 Å². The van der Waals surface area contributed by atoms with Crippen LogP contribution in [0.5, 0.6) is 0 Å². The molecule has 2 atom stereocenters. The number of nitrogens with zero attached hydrogens (tertiary/aromatic N) is 2. The van der Waals surface area contributed by atoms with Gasteiger partial charge in [0, 0.05) is 10.6 Å². The Balaban J connectivity index is 2.20. The summed E-state index contributed by atoms with van der Waals surface area (Å²) in [4.78, 5) is 15.2. The van der Waals surface area contributed by atoms with Gasteiger partial charge in [-0.25, -0.2) is 4.79 Å². The Kier molecular flexibility index (Phi) is 3.25. The number of hydrogen-bond donors (Lipinski definition) is 1. The first-order chi connectivity index (χ1) is 7.20. The lowest BCUT2D eigenvalue weighted by Gasteiger charge is -2.14. The molecule has 5 nitrogen and oxygen atoms in total. The zero-order valence-corrected chi connectivity index (χ0v) is 10.3. The minimum atomic E-state index is -0.339. The van der Waals surface area contributed by atoms with Gasteiger partial charge in [0.2, 0.25) is 0 Å². The number of ether oxygens (including phenoxy) is 1. The molecule has 0 saturated carbocycles. The van der Waals surface area contributed by atoms with Gasteiger partial charge in [-0.15, -0.1) is 0 Å². The maximum absolute atomic E-state index is 11.5. The number of hydrogen-bond acceptors (Lipinski definition) is 4. The normalized spacial score (nSPS) is 25.7. The highest BCUT2D eigenvalue weighted by Crippen LogP contribution is 2.27. The average Bonchev–Trinajstić information content (AvgIpc) is 2.66. The predicted octanol–water partition coefficient (Wildman–Crippen LogP) is 0.938. The summed E-state index contributed by atoms with van der Waals surface area (Å²) in [7, 11) is 0. The second kappa shape index (κ2) is 4.48. The van der Waals surface area contributed by atoms with E-state index in [0.717, 1.165) is 17.3 Å². The van der Waals surface area contributed by atoms with Crippen LogP contribution in [-0.2, 0) is 4.74 Å². The Labute approximate surface area is 101 Å². The average molecular weight is 321 g/mol. The molecule has 6 heteroatoms. The van der Waals surface area contributed by atoms with Crippen LogP contribution in [-0.4, -0.2) is 20.1 Å². The van der Waals surface area contributed by atoms with Gasteiger partial charge in [0.25, 0.3) is 0 Å². The van der Waals surface area contributed by atoms with Crippen molar-refractivity contribution in [3.8, 4) is 0 Å². The van der Waals surface area contributed by atoms with Crippen molar-refractivity contribution in [1.82, 2.24) is 9.55 Å². The third-order valence-electron chi connectivity index (χ3n) is 2.42. The smallest absolute Gasteiger partial charge is 0.351 e. The summed E-state index contributed by atoms with van der Waals surface area (Å²) >= 11 is 2.28. The Morgan fingerprint density at radius 1 is 1.67 bits per heavy atom. The Morgan fingerprint density at radius 3 is 3.07 bits per heavy atom. The minimum Gasteiger partial charge on any atom is -0.383 e. The first-order valence-corrected chi connectivity index (χ1v) is 6.29. The van der Waals surface area contributed by atoms with E-state index < -0.39 is 0 Å². The molecule has 0 amide bonds. The van der Waals surface area contributed by atoms with E-state index in [1.165, 1.54) is 4.57 Å². The van der Waals surface area contributed by atoms with Crippen molar-refractivity contribution in [2.24, 2.45) is 0 Å². The van der Waals surface area contributed by atoms with Gasteiger partial charge in [-0.1, -0.05) is 22.6 Å². The molecule has 82 valence electrons. The number of anilines is 1. The summed E-state index contributed by atoms with van der Waals surface area (Å²) in [5, 5.41) is 0. The molecule has 1 unspecified atom stereocenters. The van der Waals surface area contributed by atoms with Crippen molar-refractivity contribution in [2.75, 3.05) is 10.2 Å². The lowest BCUT2D eigenvalue weighted by atomic mass is 10.2. The van der Waals surface area contributed by atoms with Crippen molar-refractivity contribution in [1.29, 1.82) is 0 Å². The van der Waals surface area contributed by atoms with Crippen molar-refractivity contribution in [2.45, 2.75) is 25.2 Å². The van der Waals surface area contributed by atoms with E-state index >= 15 is 0 Å². The standard InChI is InChI=1S/C9H12IN3O2/c10-5-6-1-2-8(15-6)13-4-3-7(11)12-9(13)14/h3-4,6,8H,1-2,5H2,(H2,11,12,14)/t6-,8?/m0/s1. The topological polar surface area (TPSA) is 70.1 Å². The summed E-state index contributed by atoms with van der Waals surface area (Å²) in [6, 6.07) is 1.61. The van der Waals surface area contributed by atoms with Crippen LogP contribution in [0.2, 0.25) is 0 Å². The second-order valence-electron chi connectivity index (χ2n) is 3.49. The molecule has 2 rings (SSSR count). The van der Waals surface area contributed by atoms with Crippen molar-refractivity contribution in [3.63, 3.8) is 0 Å². The number of nitrogen functional groups attached to an aromatic ring is 1. The van der Waals surface area contributed by atoms with Gasteiger partial charge in [-0.05, 0) is 18.9 Å². The molecular formula is C9H12IN3O2. The van der Waals surface area contributed by atoms with E-state index in [9.17, 15) is 4.79 Å². The SMILES string of the molecule is Nc1ccn(C2CC[C@@H](CI)O2)c(=O)n1. The van der Waals surface area contributed by atoms with Crippen LogP contribution in [0, 0.1) is 0 Å². The number of rotatable bonds is 2. The fourth-order valence-electron chi connectivity index (χ4n) is 1.65. The van der Waals surface area contributed by atoms with E-state index in [4.69, 9.17) is 10.5 Å². The van der Waals surface area contributed by atoms with Gasteiger partial charge in [-0.2, -0.15) is 4.98 Å². The highest BCUT2D eigenvalue weighted by Gasteiger charge is 2.26. The molecule has 0 aromatic carbocycles. The zero-order chi connectivity index (χ0) is 10.8. The van der Waals surface area contributed by atoms with Gasteiger partial charge in [-0.3, -0.25) is 4.57 Å². The second-order valence-corrected chi connectivity index (χ2v) is 4.37. The predicted molar refractivity (Wildman–Crippen MR) is 64.9 cm³/mol. The number of aromatic nitrogens is 2. The van der Waals surface area contributed by atoms with Crippen molar-refractivity contribution in [3.05, 3.63) is 22.7 Å². The van der Waals surface area contributed by atoms with Crippen LogP contribution in [0.25, 0.3) is 0 Å². The van der Waals surface area contributed by atoms with E-state index in [0.29, 0.717) is 0 Å². The van der Waals surface area contributed by atoms with E-state index in [1.54, 1.807) is 12.3 Å². The molecule has 15 heavy (non-hydrogen) atoms. The number of alkyl halides is 1. The third kappa shape index (κ3) is 2.31. The van der Waals surface area contributed by atoms with Crippen LogP contribution in [0.4, 0.5) is 5.82 Å². The quantitative estimate of drug-likeness (QED) is 0.650. The molecule has 0 bridgehead atoms. The molecule has 0 radical (unpaired) electrons. The molecule has 2 heterocycles. The van der Waals surface area contributed by atoms with Gasteiger partial charge < -0.3 is 10.5 Å². The van der Waals surface area contributed by atoms with E-state index in [1.807, 2.05) is 0 Å². The first kappa shape index (κ1) is 10.9. The molecule has 1 aliphatic rings. The van der Waals surface area contributed by atoms with E-state index in [-0.39, 0.29) is 23.8 Å². The van der Waals surface area contributed by atoms with Gasteiger partial charge in [0.05, 0.1) is 6.10 Å². The Bertz CT molecular complexity index is 407. The summed E-state index contributed by atoms with van der Waals surface area (Å²) in [5.74, 6) is 0.250. The van der Waals surface area contributed by atoms with Crippen molar-refractivity contribution >= 4 is 28.4 Å². The first-order valence-electron chi connectivity index (χ1n) is 4.77. The number of nitrogens with two attached hydrogens (primary N) is 1. The van der Waals surface area contributed by atoms with E-state index in [2.05, 4.69) is 27.6 Å². The third-order valence-corrected chi connectivity index (χ3v) is 3.40. The monoisotopic (exact) mass is 321 g/mol. The molecule has 2 N–H and O–H groups in total. The molecule has 1 saturated heterocycles. The van der Waals surface area contributed by atoms with Crippen LogP contribution in [0.3, 0.4) is 0 Å². The molecule has 0 aliphatic carbocycles. The largest absolute Gasteiger partial charge is 0.383 e. The lowest BCUT2D eigenvalue weighted by molar-refractivity contribution is 0.0114. The maximum atomic E-state index is 11.5. The number of halogens is 1. The molecular weight excluding hydrogens is 309 g/mol. The van der Waals surface area contributed by atoms with Crippen LogP contribution in [0.15, 0.2) is 17.1 Å². The van der Waals surface area contributed by atoms with Crippen LogP contribution >= 0.6 is 22.6 Å². The highest BCUT2D eigenvalue weighted by atomic mass is 127. The fourth-order valence-corrected chi connectivity index (χ4v) is 2.30. The summed E-state index contributed by atoms with van der Waals surface area (Å²) in [6.07, 6.45) is 3.57. The molecule has 1 fully saturated rings. The maximum Gasteiger partial charge on any atom is 0.351 e. The van der Waals surface area contributed by atoms with Crippen molar-refractivity contribution < 1.29 is 4.74 Å². The van der Waals surface area contributed by atoms with Crippen LogP contribution in [0.1, 0.15) is 19.1 Å². The molecule has 1 aromatic heterocycles. The molecule has 1 aromatic rings. The molecule has 1 aliphatic heterocycles. The Hall–Kier alpha value is -0.630. The fraction of sp³-hybridized carbons (Fsp3) is 0.556.